The Bertz CT molecular complexity index is 467. The molecule has 1 aromatic rings. The lowest BCUT2D eigenvalue weighted by molar-refractivity contribution is 0.0976. The van der Waals surface area contributed by atoms with Gasteiger partial charge in [-0.3, -0.25) is 10.1 Å². The Balaban J connectivity index is 1.84. The van der Waals surface area contributed by atoms with Crippen molar-refractivity contribution in [1.82, 2.24) is 10.6 Å². The van der Waals surface area contributed by atoms with Gasteiger partial charge in [0.1, 0.15) is 5.82 Å². The summed E-state index contributed by atoms with van der Waals surface area (Å²) in [6, 6.07) is 5.75. The van der Waals surface area contributed by atoms with Gasteiger partial charge < -0.3 is 5.32 Å². The van der Waals surface area contributed by atoms with Gasteiger partial charge in [0.05, 0.1) is 0 Å². The van der Waals surface area contributed by atoms with Gasteiger partial charge in [0.2, 0.25) is 0 Å². The molecule has 0 atom stereocenters. The lowest BCUT2D eigenvalue weighted by Gasteiger charge is -2.18. The molecule has 0 aliphatic heterocycles. The zero-order valence-corrected chi connectivity index (χ0v) is 12.1. The Morgan fingerprint density at radius 1 is 1.10 bits per heavy atom. The molecule has 5 heteroatoms. The summed E-state index contributed by atoms with van der Waals surface area (Å²) < 4.78 is 12.8. The number of carbonyl (C=O) groups is 1. The maximum atomic E-state index is 12.8. The van der Waals surface area contributed by atoms with E-state index in [-0.39, 0.29) is 11.7 Å². The summed E-state index contributed by atoms with van der Waals surface area (Å²) in [6.45, 7) is 0. The molecule has 0 unspecified atom stereocenters. The lowest BCUT2D eigenvalue weighted by Crippen LogP contribution is -2.44. The molecule has 0 saturated heterocycles. The smallest absolute Gasteiger partial charge is 0.257 e. The molecule has 20 heavy (non-hydrogen) atoms. The molecule has 1 aliphatic rings. The predicted molar refractivity (Wildman–Crippen MR) is 81.1 cm³/mol. The van der Waals surface area contributed by atoms with Crippen LogP contribution in [0.3, 0.4) is 0 Å². The molecular formula is C15H19FN2OS. The molecule has 1 saturated carbocycles. The van der Waals surface area contributed by atoms with Crippen LogP contribution in [0.4, 0.5) is 4.39 Å². The van der Waals surface area contributed by atoms with E-state index < -0.39 is 0 Å². The number of rotatable bonds is 2. The topological polar surface area (TPSA) is 41.1 Å². The SMILES string of the molecule is O=C(NC(=S)NC1CCCCCC1)c1ccc(F)cc1. The number of nitrogens with one attached hydrogen (secondary N) is 2. The molecule has 0 bridgehead atoms. The van der Waals surface area contributed by atoms with E-state index in [1.165, 1.54) is 49.9 Å². The third kappa shape index (κ3) is 4.56. The molecule has 2 N–H and O–H groups in total. The summed E-state index contributed by atoms with van der Waals surface area (Å²) in [6.07, 6.45) is 7.12. The predicted octanol–water partition coefficient (Wildman–Crippen LogP) is 3.15. The highest BCUT2D eigenvalue weighted by atomic mass is 32.1. The van der Waals surface area contributed by atoms with Crippen LogP contribution in [0.2, 0.25) is 0 Å². The zero-order valence-electron chi connectivity index (χ0n) is 11.3. The quantitative estimate of drug-likeness (QED) is 0.650. The van der Waals surface area contributed by atoms with E-state index >= 15 is 0 Å². The van der Waals surface area contributed by atoms with E-state index in [0.717, 1.165) is 12.8 Å². The number of hydrogen-bond acceptors (Lipinski definition) is 2. The van der Waals surface area contributed by atoms with Crippen LogP contribution in [-0.4, -0.2) is 17.1 Å². The Morgan fingerprint density at radius 2 is 1.70 bits per heavy atom. The Labute approximate surface area is 123 Å². The maximum Gasteiger partial charge on any atom is 0.257 e. The molecule has 3 nitrogen and oxygen atoms in total. The molecule has 108 valence electrons. The van der Waals surface area contributed by atoms with Gasteiger partial charge in [0, 0.05) is 11.6 Å². The third-order valence-corrected chi connectivity index (χ3v) is 3.74. The van der Waals surface area contributed by atoms with E-state index in [9.17, 15) is 9.18 Å². The zero-order chi connectivity index (χ0) is 14.4. The summed E-state index contributed by atoms with van der Waals surface area (Å²) in [7, 11) is 0. The maximum absolute atomic E-state index is 12.8. The standard InChI is InChI=1S/C15H19FN2OS/c16-12-9-7-11(8-10-12)14(19)18-15(20)17-13-5-3-1-2-4-6-13/h7-10,13H,1-6H2,(H2,17,18,19,20). The van der Waals surface area contributed by atoms with Crippen molar-refractivity contribution >= 4 is 23.2 Å². The number of carbonyl (C=O) groups excluding carboxylic acids is 1. The summed E-state index contributed by atoms with van der Waals surface area (Å²) in [4.78, 5) is 11.9. The Morgan fingerprint density at radius 3 is 2.30 bits per heavy atom. The number of hydrogen-bond donors (Lipinski definition) is 2. The normalized spacial score (nSPS) is 16.2. The van der Waals surface area contributed by atoms with E-state index in [1.807, 2.05) is 0 Å². The third-order valence-electron chi connectivity index (χ3n) is 3.52. The van der Waals surface area contributed by atoms with E-state index in [4.69, 9.17) is 12.2 Å². The first kappa shape index (κ1) is 14.9. The molecular weight excluding hydrogens is 275 g/mol. The van der Waals surface area contributed by atoms with Gasteiger partial charge in [-0.15, -0.1) is 0 Å². The van der Waals surface area contributed by atoms with Crippen LogP contribution >= 0.6 is 12.2 Å². The van der Waals surface area contributed by atoms with Gasteiger partial charge in [-0.05, 0) is 49.3 Å². The van der Waals surface area contributed by atoms with Gasteiger partial charge in [0.25, 0.3) is 5.91 Å². The van der Waals surface area contributed by atoms with Crippen LogP contribution in [0.15, 0.2) is 24.3 Å². The molecule has 2 rings (SSSR count). The van der Waals surface area contributed by atoms with Crippen LogP contribution in [0.5, 0.6) is 0 Å². The minimum atomic E-state index is -0.360. The summed E-state index contributed by atoms with van der Waals surface area (Å²) in [5, 5.41) is 6.19. The van der Waals surface area contributed by atoms with Gasteiger partial charge >= 0.3 is 0 Å². The van der Waals surface area contributed by atoms with Crippen molar-refractivity contribution < 1.29 is 9.18 Å². The molecule has 1 fully saturated rings. The fourth-order valence-electron chi connectivity index (χ4n) is 2.42. The monoisotopic (exact) mass is 294 g/mol. The molecule has 1 aliphatic carbocycles. The van der Waals surface area contributed by atoms with Crippen LogP contribution in [-0.2, 0) is 0 Å². The van der Waals surface area contributed by atoms with Crippen molar-refractivity contribution in [2.45, 2.75) is 44.6 Å². The van der Waals surface area contributed by atoms with Crippen molar-refractivity contribution in [1.29, 1.82) is 0 Å². The second-order valence-corrected chi connectivity index (χ2v) is 5.53. The van der Waals surface area contributed by atoms with Crippen LogP contribution in [0.25, 0.3) is 0 Å². The fourth-order valence-corrected chi connectivity index (χ4v) is 2.68. The molecule has 0 radical (unpaired) electrons. The highest BCUT2D eigenvalue weighted by Crippen LogP contribution is 2.17. The molecule has 0 aromatic heterocycles. The largest absolute Gasteiger partial charge is 0.360 e. The molecule has 1 aromatic carbocycles. The van der Waals surface area contributed by atoms with E-state index in [2.05, 4.69) is 10.6 Å². The molecule has 0 spiro atoms. The number of benzene rings is 1. The summed E-state index contributed by atoms with van der Waals surface area (Å²) in [5.41, 5.74) is 0.399. The van der Waals surface area contributed by atoms with Crippen LogP contribution in [0, 0.1) is 5.82 Å². The number of amides is 1. The number of thiocarbonyl (C=S) groups is 1. The van der Waals surface area contributed by atoms with Crippen molar-refractivity contribution in [3.8, 4) is 0 Å². The number of halogens is 1. The van der Waals surface area contributed by atoms with Crippen LogP contribution < -0.4 is 10.6 Å². The second-order valence-electron chi connectivity index (χ2n) is 5.12. The van der Waals surface area contributed by atoms with Crippen molar-refractivity contribution in [2.24, 2.45) is 0 Å². The van der Waals surface area contributed by atoms with Crippen molar-refractivity contribution in [2.75, 3.05) is 0 Å². The second kappa shape index (κ2) is 7.33. The Hall–Kier alpha value is -1.49. The van der Waals surface area contributed by atoms with Gasteiger partial charge in [-0.2, -0.15) is 0 Å². The van der Waals surface area contributed by atoms with Crippen molar-refractivity contribution in [3.63, 3.8) is 0 Å². The average molecular weight is 294 g/mol. The minimum Gasteiger partial charge on any atom is -0.360 e. The first-order valence-electron chi connectivity index (χ1n) is 7.02. The first-order chi connectivity index (χ1) is 9.65. The highest BCUT2D eigenvalue weighted by Gasteiger charge is 2.14. The van der Waals surface area contributed by atoms with Gasteiger partial charge in [0.15, 0.2) is 5.11 Å². The fraction of sp³-hybridized carbons (Fsp3) is 0.467. The minimum absolute atomic E-state index is 0.309. The Kier molecular flexibility index (Phi) is 5.47. The average Bonchev–Trinajstić information content (AvgIpc) is 2.68. The van der Waals surface area contributed by atoms with Crippen LogP contribution in [0.1, 0.15) is 48.9 Å². The first-order valence-corrected chi connectivity index (χ1v) is 7.43. The molecule has 0 heterocycles. The summed E-state index contributed by atoms with van der Waals surface area (Å²) >= 11 is 5.16. The van der Waals surface area contributed by atoms with E-state index in [1.54, 1.807) is 0 Å². The van der Waals surface area contributed by atoms with Gasteiger partial charge in [-0.1, -0.05) is 25.7 Å². The lowest BCUT2D eigenvalue weighted by atomic mass is 10.1. The van der Waals surface area contributed by atoms with E-state index in [0.29, 0.717) is 16.7 Å². The van der Waals surface area contributed by atoms with Crippen molar-refractivity contribution in [3.05, 3.63) is 35.6 Å². The van der Waals surface area contributed by atoms with Gasteiger partial charge in [-0.25, -0.2) is 4.39 Å². The highest BCUT2D eigenvalue weighted by molar-refractivity contribution is 7.80. The molecule has 1 amide bonds. The summed E-state index contributed by atoms with van der Waals surface area (Å²) in [5.74, 6) is -0.670.